The van der Waals surface area contributed by atoms with E-state index in [-0.39, 0.29) is 0 Å². The highest BCUT2D eigenvalue weighted by molar-refractivity contribution is 5.93. The predicted octanol–water partition coefficient (Wildman–Crippen LogP) is 4.05. The van der Waals surface area contributed by atoms with E-state index in [9.17, 15) is 4.79 Å². The molecule has 0 bridgehead atoms. The maximum Gasteiger partial charge on any atom is 0.412 e. The number of hydrogen-bond acceptors (Lipinski definition) is 9. The smallest absolute Gasteiger partial charge is 0.412 e. The summed E-state index contributed by atoms with van der Waals surface area (Å²) in [7, 11) is 5.41. The molecule has 4 aromatic rings. The number of benzene rings is 1. The number of fused-ring (bicyclic) bond motifs is 1. The van der Waals surface area contributed by atoms with Gasteiger partial charge in [0.25, 0.3) is 0 Å². The zero-order valence-electron chi connectivity index (χ0n) is 20.6. The fourth-order valence-corrected chi connectivity index (χ4v) is 3.61. The molecule has 0 aliphatic carbocycles. The van der Waals surface area contributed by atoms with Crippen molar-refractivity contribution in [1.29, 1.82) is 0 Å². The second-order valence-corrected chi connectivity index (χ2v) is 9.25. The summed E-state index contributed by atoms with van der Waals surface area (Å²) in [5, 5.41) is 7.12. The molecule has 0 saturated carbocycles. The number of nitrogen functional groups attached to an aromatic ring is 1. The molecule has 11 heteroatoms. The highest BCUT2D eigenvalue weighted by Gasteiger charge is 2.21. The van der Waals surface area contributed by atoms with Gasteiger partial charge in [-0.3, -0.25) is 5.32 Å². The van der Waals surface area contributed by atoms with Crippen molar-refractivity contribution in [2.45, 2.75) is 32.9 Å². The third-order valence-electron chi connectivity index (χ3n) is 4.99. The van der Waals surface area contributed by atoms with E-state index in [1.807, 2.05) is 31.1 Å². The maximum absolute atomic E-state index is 12.3. The van der Waals surface area contributed by atoms with Gasteiger partial charge in [-0.05, 0) is 58.6 Å². The van der Waals surface area contributed by atoms with Crippen LogP contribution in [0.5, 0.6) is 5.75 Å². The normalized spacial score (nSPS) is 11.7. The van der Waals surface area contributed by atoms with E-state index in [1.54, 1.807) is 43.6 Å². The molecule has 1 amide bonds. The molecule has 4 rings (SSSR count). The molecule has 3 aromatic heterocycles. The Morgan fingerprint density at radius 3 is 2.69 bits per heavy atom. The Labute approximate surface area is 202 Å². The van der Waals surface area contributed by atoms with Crippen LogP contribution in [0.25, 0.3) is 28.1 Å². The van der Waals surface area contributed by atoms with Gasteiger partial charge in [-0.1, -0.05) is 6.07 Å². The number of methoxy groups -OCH3 is 1. The molecular formula is C24H29N7O4. The Morgan fingerprint density at radius 2 is 2.00 bits per heavy atom. The minimum Gasteiger partial charge on any atom is -0.495 e. The summed E-state index contributed by atoms with van der Waals surface area (Å²) in [6.07, 6.45) is 2.48. The van der Waals surface area contributed by atoms with E-state index < -0.39 is 11.7 Å². The van der Waals surface area contributed by atoms with Crippen molar-refractivity contribution in [3.8, 4) is 28.3 Å². The number of carbonyl (C=O) groups excluding carboxylic acids is 1. The Balaban J connectivity index is 1.76. The number of aromatic nitrogens is 4. The van der Waals surface area contributed by atoms with Gasteiger partial charge in [0.2, 0.25) is 5.89 Å². The first-order chi connectivity index (χ1) is 16.6. The third-order valence-corrected chi connectivity index (χ3v) is 4.99. The second kappa shape index (κ2) is 9.26. The van der Waals surface area contributed by atoms with Crippen LogP contribution in [0.2, 0.25) is 0 Å². The number of hydrogen-bond donors (Lipinski definition) is 2. The lowest BCUT2D eigenvalue weighted by molar-refractivity contribution is 0.0635. The molecule has 3 N–H and O–H groups in total. The van der Waals surface area contributed by atoms with Crippen LogP contribution in [0.15, 0.2) is 41.2 Å². The molecule has 1 aromatic carbocycles. The SMILES string of the molecule is COc1cc(-c2cc(-c3cnc(CN(C)C)o3)n3ncnc(N)c23)ccc1NC(=O)OC(C)(C)C. The zero-order valence-corrected chi connectivity index (χ0v) is 20.6. The average Bonchev–Trinajstić information content (AvgIpc) is 3.37. The Morgan fingerprint density at radius 1 is 1.23 bits per heavy atom. The van der Waals surface area contributed by atoms with Crippen molar-refractivity contribution in [3.63, 3.8) is 0 Å². The number of anilines is 2. The fraction of sp³-hybridized carbons (Fsp3) is 0.333. The van der Waals surface area contributed by atoms with Crippen molar-refractivity contribution in [1.82, 2.24) is 24.5 Å². The van der Waals surface area contributed by atoms with E-state index in [1.165, 1.54) is 13.4 Å². The number of amides is 1. The highest BCUT2D eigenvalue weighted by atomic mass is 16.6. The van der Waals surface area contributed by atoms with Gasteiger partial charge in [-0.15, -0.1) is 0 Å². The van der Waals surface area contributed by atoms with Crippen molar-refractivity contribution < 1.29 is 18.7 Å². The van der Waals surface area contributed by atoms with Gasteiger partial charge in [-0.25, -0.2) is 19.3 Å². The first kappa shape index (κ1) is 24.0. The Hall–Kier alpha value is -4.12. The van der Waals surface area contributed by atoms with Gasteiger partial charge in [0, 0.05) is 5.56 Å². The Bertz CT molecular complexity index is 1370. The number of nitrogens with two attached hydrogens (primary N) is 1. The van der Waals surface area contributed by atoms with Crippen molar-refractivity contribution >= 4 is 23.1 Å². The summed E-state index contributed by atoms with van der Waals surface area (Å²) < 4.78 is 18.5. The van der Waals surface area contributed by atoms with Crippen LogP contribution < -0.4 is 15.8 Å². The number of oxazole rings is 1. The molecule has 0 unspecified atom stereocenters. The topological polar surface area (TPSA) is 133 Å². The summed E-state index contributed by atoms with van der Waals surface area (Å²) in [6.45, 7) is 5.96. The Kier molecular flexibility index (Phi) is 6.35. The van der Waals surface area contributed by atoms with Crippen LogP contribution in [0.4, 0.5) is 16.3 Å². The van der Waals surface area contributed by atoms with Crippen LogP contribution in [0.1, 0.15) is 26.7 Å². The molecule has 0 aliphatic rings. The van der Waals surface area contributed by atoms with Crippen molar-refractivity contribution in [2.24, 2.45) is 0 Å². The molecule has 11 nitrogen and oxygen atoms in total. The van der Waals surface area contributed by atoms with Crippen LogP contribution in [-0.2, 0) is 11.3 Å². The van der Waals surface area contributed by atoms with E-state index in [0.717, 1.165) is 11.1 Å². The second-order valence-electron chi connectivity index (χ2n) is 9.25. The largest absolute Gasteiger partial charge is 0.495 e. The summed E-state index contributed by atoms with van der Waals surface area (Å²) in [6, 6.07) is 7.30. The monoisotopic (exact) mass is 479 g/mol. The summed E-state index contributed by atoms with van der Waals surface area (Å²) in [5.41, 5.74) is 8.95. The third kappa shape index (κ3) is 5.19. The van der Waals surface area contributed by atoms with Crippen LogP contribution >= 0.6 is 0 Å². The van der Waals surface area contributed by atoms with E-state index in [0.29, 0.717) is 46.7 Å². The van der Waals surface area contributed by atoms with Gasteiger partial charge in [0.1, 0.15) is 28.9 Å². The molecule has 0 atom stereocenters. The van der Waals surface area contributed by atoms with Crippen LogP contribution in [0.3, 0.4) is 0 Å². The van der Waals surface area contributed by atoms with Gasteiger partial charge < -0.3 is 24.5 Å². The maximum atomic E-state index is 12.3. The molecule has 0 spiro atoms. The highest BCUT2D eigenvalue weighted by Crippen LogP contribution is 2.38. The predicted molar refractivity (Wildman–Crippen MR) is 132 cm³/mol. The molecule has 0 fully saturated rings. The molecule has 0 saturated heterocycles. The summed E-state index contributed by atoms with van der Waals surface area (Å²) in [4.78, 5) is 22.8. The van der Waals surface area contributed by atoms with Gasteiger partial charge in [0.05, 0.1) is 25.5 Å². The van der Waals surface area contributed by atoms with E-state index >= 15 is 0 Å². The molecule has 0 aliphatic heterocycles. The number of carbonyl (C=O) groups is 1. The van der Waals surface area contributed by atoms with Crippen molar-refractivity contribution in [3.05, 3.63) is 42.7 Å². The molecule has 0 radical (unpaired) electrons. The summed E-state index contributed by atoms with van der Waals surface area (Å²) >= 11 is 0. The van der Waals surface area contributed by atoms with Crippen LogP contribution in [0, 0.1) is 0 Å². The quantitative estimate of drug-likeness (QED) is 0.420. The lowest BCUT2D eigenvalue weighted by atomic mass is 10.1. The first-order valence-electron chi connectivity index (χ1n) is 11.0. The number of rotatable bonds is 6. The van der Waals surface area contributed by atoms with Gasteiger partial charge >= 0.3 is 6.09 Å². The molecule has 184 valence electrons. The average molecular weight is 480 g/mol. The summed E-state index contributed by atoms with van der Waals surface area (Å²) in [5.74, 6) is 1.90. The number of nitrogens with one attached hydrogen (secondary N) is 1. The lowest BCUT2D eigenvalue weighted by Crippen LogP contribution is -2.27. The first-order valence-corrected chi connectivity index (χ1v) is 11.0. The molecular weight excluding hydrogens is 450 g/mol. The fourth-order valence-electron chi connectivity index (χ4n) is 3.61. The van der Waals surface area contributed by atoms with E-state index in [2.05, 4.69) is 20.4 Å². The number of ether oxygens (including phenoxy) is 2. The lowest BCUT2D eigenvalue weighted by Gasteiger charge is -2.20. The number of nitrogens with zero attached hydrogens (tertiary/aromatic N) is 5. The zero-order chi connectivity index (χ0) is 25.3. The van der Waals surface area contributed by atoms with Crippen LogP contribution in [-0.4, -0.2) is 57.4 Å². The van der Waals surface area contributed by atoms with E-state index in [4.69, 9.17) is 19.6 Å². The van der Waals surface area contributed by atoms with Crippen molar-refractivity contribution in [2.75, 3.05) is 32.3 Å². The molecule has 35 heavy (non-hydrogen) atoms. The standard InChI is InChI=1S/C24H29N7O4/c1-24(2,3)35-23(32)29-16-8-7-14(9-18(16)33-6)15-10-17(31-21(15)22(25)27-13-28-31)19-11-26-20(34-19)12-30(4)5/h7-11,13H,12H2,1-6H3,(H,29,32)(H2,25,27,28). The minimum absolute atomic E-state index is 0.309. The molecule has 3 heterocycles. The van der Waals surface area contributed by atoms with Gasteiger partial charge in [-0.2, -0.15) is 5.10 Å². The minimum atomic E-state index is -0.621. The van der Waals surface area contributed by atoms with Gasteiger partial charge in [0.15, 0.2) is 11.6 Å².